The van der Waals surface area contributed by atoms with Crippen molar-refractivity contribution in [2.45, 2.75) is 36.7 Å². The van der Waals surface area contributed by atoms with Crippen molar-refractivity contribution >= 4 is 15.9 Å². The molecule has 1 amide bonds. The molecule has 9 heteroatoms. The molecule has 4 heterocycles. The summed E-state index contributed by atoms with van der Waals surface area (Å²) in [6.07, 6.45) is 4.79. The Hall–Kier alpha value is -1.42. The highest BCUT2D eigenvalue weighted by molar-refractivity contribution is 7.89. The molecule has 0 bridgehead atoms. The number of hydrogen-bond acceptors (Lipinski definition) is 5. The maximum atomic E-state index is 13.2. The van der Waals surface area contributed by atoms with Crippen molar-refractivity contribution in [2.75, 3.05) is 59.9 Å². The molecule has 8 nitrogen and oxygen atoms in total. The fraction of sp³-hybridized carbons (Fsp3) is 0.737. The number of amides is 1. The molecule has 0 N–H and O–H groups in total. The Bertz CT molecular complexity index is 821. The zero-order chi connectivity index (χ0) is 19.9. The molecule has 0 radical (unpaired) electrons. The Kier molecular flexibility index (Phi) is 5.52. The lowest BCUT2D eigenvalue weighted by molar-refractivity contribution is 0.0796. The average Bonchev–Trinajstić information content (AvgIpc) is 3.08. The van der Waals surface area contributed by atoms with E-state index in [1.165, 1.54) is 0 Å². The van der Waals surface area contributed by atoms with E-state index in [4.69, 9.17) is 0 Å². The van der Waals surface area contributed by atoms with Gasteiger partial charge in [-0.1, -0.05) is 0 Å². The number of carbonyl (C=O) groups is 1. The Morgan fingerprint density at radius 1 is 0.929 bits per heavy atom. The SMILES string of the molecule is CN1CCC(N2CCN(S(=O)(=O)c3cc4n(c3)CCCN(C)C4=O)CC2)CC1. The summed E-state index contributed by atoms with van der Waals surface area (Å²) in [5.41, 5.74) is 0.475. The van der Waals surface area contributed by atoms with Crippen LogP contribution < -0.4 is 0 Å². The van der Waals surface area contributed by atoms with E-state index in [2.05, 4.69) is 16.8 Å². The van der Waals surface area contributed by atoms with Gasteiger partial charge in [0.05, 0.1) is 0 Å². The highest BCUT2D eigenvalue weighted by atomic mass is 32.2. The molecule has 0 unspecified atom stereocenters. The minimum absolute atomic E-state index is 0.106. The lowest BCUT2D eigenvalue weighted by atomic mass is 10.0. The largest absolute Gasteiger partial charge is 0.342 e. The van der Waals surface area contributed by atoms with Gasteiger partial charge in [-0.25, -0.2) is 8.42 Å². The molecule has 1 aromatic heterocycles. The molecule has 156 valence electrons. The average molecular weight is 410 g/mol. The molecular formula is C19H31N5O3S. The van der Waals surface area contributed by atoms with Gasteiger partial charge in [0.15, 0.2) is 0 Å². The zero-order valence-corrected chi connectivity index (χ0v) is 17.7. The molecule has 3 aliphatic heterocycles. The summed E-state index contributed by atoms with van der Waals surface area (Å²) in [7, 11) is 0.356. The molecule has 2 fully saturated rings. The van der Waals surface area contributed by atoms with Crippen LogP contribution >= 0.6 is 0 Å². The Morgan fingerprint density at radius 3 is 2.29 bits per heavy atom. The van der Waals surface area contributed by atoms with Crippen molar-refractivity contribution in [3.63, 3.8) is 0 Å². The van der Waals surface area contributed by atoms with E-state index < -0.39 is 10.0 Å². The van der Waals surface area contributed by atoms with Crippen molar-refractivity contribution < 1.29 is 13.2 Å². The number of aromatic nitrogens is 1. The lowest BCUT2D eigenvalue weighted by Crippen LogP contribution is -2.53. The third-order valence-corrected chi connectivity index (χ3v) is 8.31. The Morgan fingerprint density at radius 2 is 1.61 bits per heavy atom. The fourth-order valence-electron chi connectivity index (χ4n) is 4.58. The van der Waals surface area contributed by atoms with Gasteiger partial charge in [0, 0.05) is 58.6 Å². The summed E-state index contributed by atoms with van der Waals surface area (Å²) < 4.78 is 29.7. The summed E-state index contributed by atoms with van der Waals surface area (Å²) in [4.78, 5) is 19.2. The number of sulfonamides is 1. The number of piperidine rings is 1. The summed E-state index contributed by atoms with van der Waals surface area (Å²) in [6, 6.07) is 2.13. The van der Waals surface area contributed by atoms with E-state index >= 15 is 0 Å². The van der Waals surface area contributed by atoms with Gasteiger partial charge in [-0.15, -0.1) is 0 Å². The first kappa shape index (κ1) is 19.9. The first-order valence-corrected chi connectivity index (χ1v) is 11.7. The highest BCUT2D eigenvalue weighted by Gasteiger charge is 2.34. The highest BCUT2D eigenvalue weighted by Crippen LogP contribution is 2.24. The monoisotopic (exact) mass is 409 g/mol. The Balaban J connectivity index is 1.44. The van der Waals surface area contributed by atoms with Crippen LogP contribution in [0.1, 0.15) is 29.8 Å². The van der Waals surface area contributed by atoms with Crippen LogP contribution in [0.3, 0.4) is 0 Å². The minimum atomic E-state index is -3.56. The molecule has 0 spiro atoms. The van der Waals surface area contributed by atoms with E-state index in [-0.39, 0.29) is 10.8 Å². The van der Waals surface area contributed by atoms with Crippen LogP contribution in [0.4, 0.5) is 0 Å². The predicted octanol–water partition coefficient (Wildman–Crippen LogP) is 0.364. The molecule has 0 aliphatic carbocycles. The van der Waals surface area contributed by atoms with Gasteiger partial charge in [0.1, 0.15) is 10.6 Å². The zero-order valence-electron chi connectivity index (χ0n) is 16.9. The smallest absolute Gasteiger partial charge is 0.270 e. The number of aryl methyl sites for hydroxylation is 1. The normalized spacial score (nSPS) is 24.4. The van der Waals surface area contributed by atoms with E-state index in [1.807, 2.05) is 0 Å². The van der Waals surface area contributed by atoms with Gasteiger partial charge >= 0.3 is 0 Å². The third kappa shape index (κ3) is 3.72. The summed E-state index contributed by atoms with van der Waals surface area (Å²) in [6.45, 7) is 6.19. The van der Waals surface area contributed by atoms with Gasteiger partial charge in [0.2, 0.25) is 10.0 Å². The maximum absolute atomic E-state index is 13.2. The van der Waals surface area contributed by atoms with Crippen LogP contribution in [0.15, 0.2) is 17.2 Å². The van der Waals surface area contributed by atoms with Crippen LogP contribution in [-0.2, 0) is 16.6 Å². The number of rotatable bonds is 3. The quantitative estimate of drug-likeness (QED) is 0.721. The summed E-state index contributed by atoms with van der Waals surface area (Å²) in [5.74, 6) is -0.106. The van der Waals surface area contributed by atoms with Crippen molar-refractivity contribution in [3.8, 4) is 0 Å². The van der Waals surface area contributed by atoms with E-state index in [1.54, 1.807) is 33.1 Å². The van der Waals surface area contributed by atoms with Gasteiger partial charge < -0.3 is 14.4 Å². The van der Waals surface area contributed by atoms with Crippen LogP contribution in [0.2, 0.25) is 0 Å². The second kappa shape index (κ2) is 7.78. The summed E-state index contributed by atoms with van der Waals surface area (Å²) >= 11 is 0. The van der Waals surface area contributed by atoms with Gasteiger partial charge in [-0.2, -0.15) is 4.31 Å². The minimum Gasteiger partial charge on any atom is -0.342 e. The molecular weight excluding hydrogens is 378 g/mol. The number of piperazine rings is 1. The fourth-order valence-corrected chi connectivity index (χ4v) is 6.05. The van der Waals surface area contributed by atoms with Crippen LogP contribution in [0, 0.1) is 0 Å². The maximum Gasteiger partial charge on any atom is 0.270 e. The lowest BCUT2D eigenvalue weighted by Gasteiger charge is -2.41. The van der Waals surface area contributed by atoms with Gasteiger partial charge in [-0.3, -0.25) is 9.69 Å². The van der Waals surface area contributed by atoms with Crippen molar-refractivity contribution in [1.82, 2.24) is 23.6 Å². The molecule has 0 saturated carbocycles. The summed E-state index contributed by atoms with van der Waals surface area (Å²) in [5, 5.41) is 0. The molecule has 28 heavy (non-hydrogen) atoms. The topological polar surface area (TPSA) is 69.1 Å². The van der Waals surface area contributed by atoms with E-state index in [0.717, 1.165) is 45.4 Å². The second-order valence-electron chi connectivity index (χ2n) is 8.31. The predicted molar refractivity (Wildman–Crippen MR) is 107 cm³/mol. The molecule has 3 aliphatic rings. The molecule has 0 atom stereocenters. The molecule has 1 aromatic rings. The van der Waals surface area contributed by atoms with E-state index in [0.29, 0.717) is 37.9 Å². The van der Waals surface area contributed by atoms with E-state index in [9.17, 15) is 13.2 Å². The molecule has 0 aromatic carbocycles. The number of likely N-dealkylation sites (tertiary alicyclic amines) is 1. The molecule has 4 rings (SSSR count). The third-order valence-electron chi connectivity index (χ3n) is 6.45. The van der Waals surface area contributed by atoms with Gasteiger partial charge in [0.25, 0.3) is 5.91 Å². The number of carbonyl (C=O) groups excluding carboxylic acids is 1. The standard InChI is InChI=1S/C19H31N5O3S/c1-20-8-4-16(5-9-20)22-10-12-24(13-11-22)28(26,27)17-14-18-19(25)21(2)6-3-7-23(18)15-17/h14-16H,3-13H2,1-2H3. The van der Waals surface area contributed by atoms with Crippen molar-refractivity contribution in [1.29, 1.82) is 0 Å². The van der Waals surface area contributed by atoms with Crippen LogP contribution in [0.5, 0.6) is 0 Å². The van der Waals surface area contributed by atoms with Crippen molar-refractivity contribution in [2.24, 2.45) is 0 Å². The first-order chi connectivity index (χ1) is 13.4. The number of fused-ring (bicyclic) bond motifs is 1. The molecule has 2 saturated heterocycles. The second-order valence-corrected chi connectivity index (χ2v) is 10.2. The number of nitrogens with zero attached hydrogens (tertiary/aromatic N) is 5. The van der Waals surface area contributed by atoms with Crippen LogP contribution in [-0.4, -0.2) is 104 Å². The van der Waals surface area contributed by atoms with Crippen molar-refractivity contribution in [3.05, 3.63) is 18.0 Å². The Labute approximate surface area is 167 Å². The first-order valence-electron chi connectivity index (χ1n) is 10.2. The van der Waals surface area contributed by atoms with Crippen LogP contribution in [0.25, 0.3) is 0 Å². The van der Waals surface area contributed by atoms with Gasteiger partial charge in [-0.05, 0) is 45.5 Å². The number of hydrogen-bond donors (Lipinski definition) is 0.